The highest BCUT2D eigenvalue weighted by Crippen LogP contribution is 2.37. The molecule has 3 heterocycles. The van der Waals surface area contributed by atoms with Gasteiger partial charge in [0, 0.05) is 62.0 Å². The second-order valence-electron chi connectivity index (χ2n) is 14.2. The Morgan fingerprint density at radius 1 is 0.944 bits per heavy atom. The van der Waals surface area contributed by atoms with Crippen molar-refractivity contribution in [2.75, 3.05) is 39.0 Å². The molecule has 4 aromatic rings. The van der Waals surface area contributed by atoms with E-state index in [1.807, 2.05) is 35.2 Å². The molecule has 0 radical (unpaired) electrons. The zero-order valence-electron chi connectivity index (χ0n) is 30.7. The lowest BCUT2D eigenvalue weighted by molar-refractivity contribution is -0.144. The number of carboxylic acids is 1. The molecule has 2 N–H and O–H groups in total. The number of likely N-dealkylation sites (tertiary alicyclic amines) is 2. The van der Waals surface area contributed by atoms with Gasteiger partial charge in [0.1, 0.15) is 36.5 Å². The first-order valence-electron chi connectivity index (χ1n) is 18.4. The molecule has 0 saturated carbocycles. The summed E-state index contributed by atoms with van der Waals surface area (Å²) in [6.07, 6.45) is 7.77. The van der Waals surface area contributed by atoms with Gasteiger partial charge in [-0.25, -0.2) is 8.42 Å². The van der Waals surface area contributed by atoms with Crippen LogP contribution in [0, 0.1) is 6.92 Å². The molecule has 2 atom stereocenters. The average Bonchev–Trinajstić information content (AvgIpc) is 3.57. The predicted molar refractivity (Wildman–Crippen MR) is 207 cm³/mol. The van der Waals surface area contributed by atoms with E-state index in [1.54, 1.807) is 18.3 Å². The summed E-state index contributed by atoms with van der Waals surface area (Å²) < 4.78 is 43.0. The Hall–Kier alpha value is -4.20. The van der Waals surface area contributed by atoms with Crippen LogP contribution in [0.1, 0.15) is 54.4 Å². The summed E-state index contributed by atoms with van der Waals surface area (Å²) in [5.41, 5.74) is 5.36. The SMILES string of the molecule is Cc1c(COc2cc(OCc3cncc(S(C)(=O)=O)c3)c(CN3CCCCC3C(=O)O)cc2Cl)cccc1-c1cccc(OCCCN2CCC(O)C2)c1. The first-order valence-corrected chi connectivity index (χ1v) is 20.6. The number of ether oxygens (including phenoxy) is 3. The van der Waals surface area contributed by atoms with Gasteiger partial charge in [-0.2, -0.15) is 0 Å². The molecule has 2 saturated heterocycles. The van der Waals surface area contributed by atoms with Gasteiger partial charge < -0.3 is 29.3 Å². The number of rotatable bonds is 16. The van der Waals surface area contributed by atoms with Crippen molar-refractivity contribution in [3.05, 3.63) is 100 Å². The summed E-state index contributed by atoms with van der Waals surface area (Å²) in [5.74, 6) is 0.788. The van der Waals surface area contributed by atoms with Crippen LogP contribution < -0.4 is 14.2 Å². The molecule has 288 valence electrons. The van der Waals surface area contributed by atoms with Crippen LogP contribution in [-0.4, -0.2) is 90.6 Å². The molecular weight excluding hydrogens is 730 g/mol. The third-order valence-electron chi connectivity index (χ3n) is 10.1. The number of pyridine rings is 1. The maximum absolute atomic E-state index is 12.1. The number of halogens is 1. The normalized spacial score (nSPS) is 18.1. The number of sulfone groups is 1. The highest BCUT2D eigenvalue weighted by Gasteiger charge is 2.29. The largest absolute Gasteiger partial charge is 0.494 e. The Labute approximate surface area is 322 Å². The molecule has 0 spiro atoms. The summed E-state index contributed by atoms with van der Waals surface area (Å²) >= 11 is 6.83. The number of piperidine rings is 1. The lowest BCUT2D eigenvalue weighted by Gasteiger charge is -2.33. The van der Waals surface area contributed by atoms with E-state index in [1.165, 1.54) is 12.3 Å². The molecule has 3 aromatic carbocycles. The summed E-state index contributed by atoms with van der Waals surface area (Å²) in [6.45, 7) is 6.40. The number of aliphatic hydroxyl groups is 1. The van der Waals surface area contributed by atoms with Crippen molar-refractivity contribution in [3.63, 3.8) is 0 Å². The molecule has 1 aromatic heterocycles. The number of hydrogen-bond acceptors (Lipinski definition) is 10. The van der Waals surface area contributed by atoms with E-state index in [-0.39, 0.29) is 24.2 Å². The molecule has 0 aliphatic carbocycles. The second-order valence-corrected chi connectivity index (χ2v) is 16.6. The van der Waals surface area contributed by atoms with Gasteiger partial charge >= 0.3 is 5.97 Å². The Balaban J connectivity index is 1.18. The highest BCUT2D eigenvalue weighted by molar-refractivity contribution is 7.90. The van der Waals surface area contributed by atoms with Gasteiger partial charge in [0.15, 0.2) is 9.84 Å². The van der Waals surface area contributed by atoms with Crippen molar-refractivity contribution in [2.45, 2.75) is 75.8 Å². The minimum atomic E-state index is -3.46. The van der Waals surface area contributed by atoms with E-state index < -0.39 is 21.8 Å². The molecule has 2 aliphatic rings. The van der Waals surface area contributed by atoms with Gasteiger partial charge in [-0.15, -0.1) is 0 Å². The Bertz CT molecular complexity index is 2040. The highest BCUT2D eigenvalue weighted by atomic mass is 35.5. The average molecular weight is 778 g/mol. The third kappa shape index (κ3) is 10.3. The van der Waals surface area contributed by atoms with Crippen LogP contribution in [0.15, 0.2) is 78.0 Å². The number of nitrogens with zero attached hydrogens (tertiary/aromatic N) is 3. The lowest BCUT2D eigenvalue weighted by Crippen LogP contribution is -2.44. The molecule has 2 aliphatic heterocycles. The standard InChI is InChI=1S/C41H48ClN3O8S/c1-28-31(9-6-11-36(28)30-8-5-10-34(19-30)51-17-7-14-44-16-13-33(46)25-44)27-53-40-21-39(52-26-29-18-35(23-43-22-29)54(2,49)50)32(20-37(40)42)24-45-15-4-3-12-38(45)41(47)48/h5-6,8-11,18-23,33,38,46H,3-4,7,12-17,24-27H2,1-2H3,(H,47,48). The maximum atomic E-state index is 12.1. The van der Waals surface area contributed by atoms with Gasteiger partial charge in [-0.05, 0) is 85.7 Å². The van der Waals surface area contributed by atoms with Gasteiger partial charge in [0.05, 0.1) is 22.6 Å². The molecule has 0 amide bonds. The fourth-order valence-corrected chi connectivity index (χ4v) is 7.94. The van der Waals surface area contributed by atoms with E-state index in [0.717, 1.165) is 79.6 Å². The van der Waals surface area contributed by atoms with Gasteiger partial charge in [-0.3, -0.25) is 14.7 Å². The quantitative estimate of drug-likeness (QED) is 0.120. The van der Waals surface area contributed by atoms with Crippen molar-refractivity contribution in [1.29, 1.82) is 0 Å². The minimum absolute atomic E-state index is 0.0271. The van der Waals surface area contributed by atoms with E-state index in [0.29, 0.717) is 53.8 Å². The van der Waals surface area contributed by atoms with Crippen molar-refractivity contribution < 1.29 is 37.6 Å². The first kappa shape index (κ1) is 39.5. The molecule has 13 heteroatoms. The number of aromatic nitrogens is 1. The summed E-state index contributed by atoms with van der Waals surface area (Å²) in [4.78, 5) is 20.4. The van der Waals surface area contributed by atoms with Gasteiger partial charge in [-0.1, -0.05) is 48.4 Å². The number of hydrogen-bond donors (Lipinski definition) is 2. The Morgan fingerprint density at radius 2 is 1.76 bits per heavy atom. The molecule has 6 rings (SSSR count). The number of carbonyl (C=O) groups is 1. The van der Waals surface area contributed by atoms with Gasteiger partial charge in [0.25, 0.3) is 0 Å². The van der Waals surface area contributed by atoms with E-state index >= 15 is 0 Å². The van der Waals surface area contributed by atoms with Crippen LogP contribution in [0.4, 0.5) is 0 Å². The number of aliphatic hydroxyl groups excluding tert-OH is 1. The van der Waals surface area contributed by atoms with Crippen LogP contribution >= 0.6 is 11.6 Å². The smallest absolute Gasteiger partial charge is 0.320 e. The van der Waals surface area contributed by atoms with E-state index in [4.69, 9.17) is 25.8 Å². The van der Waals surface area contributed by atoms with Gasteiger partial charge in [0.2, 0.25) is 0 Å². The molecule has 2 fully saturated rings. The number of benzene rings is 3. The minimum Gasteiger partial charge on any atom is -0.494 e. The molecule has 11 nitrogen and oxygen atoms in total. The van der Waals surface area contributed by atoms with Crippen molar-refractivity contribution in [2.24, 2.45) is 0 Å². The molecule has 54 heavy (non-hydrogen) atoms. The molecular formula is C41H48ClN3O8S. The van der Waals surface area contributed by atoms with E-state index in [9.17, 15) is 23.4 Å². The predicted octanol–water partition coefficient (Wildman–Crippen LogP) is 6.55. The molecule has 0 bridgehead atoms. The molecule has 2 unspecified atom stereocenters. The van der Waals surface area contributed by atoms with E-state index in [2.05, 4.69) is 28.9 Å². The Morgan fingerprint density at radius 3 is 2.54 bits per heavy atom. The zero-order chi connectivity index (χ0) is 38.2. The van der Waals surface area contributed by atoms with Crippen LogP contribution in [0.25, 0.3) is 11.1 Å². The number of carboxylic acid groups (broad SMARTS) is 1. The summed E-state index contributed by atoms with van der Waals surface area (Å²) in [6, 6.07) is 18.5. The van der Waals surface area contributed by atoms with Crippen molar-refractivity contribution in [1.82, 2.24) is 14.8 Å². The fraction of sp³-hybridized carbons (Fsp3) is 0.415. The maximum Gasteiger partial charge on any atom is 0.320 e. The fourth-order valence-electron chi connectivity index (χ4n) is 7.08. The monoisotopic (exact) mass is 777 g/mol. The van der Waals surface area contributed by atoms with Crippen LogP contribution in [0.5, 0.6) is 17.2 Å². The summed E-state index contributed by atoms with van der Waals surface area (Å²) in [7, 11) is -3.46. The third-order valence-corrected chi connectivity index (χ3v) is 11.5. The zero-order valence-corrected chi connectivity index (χ0v) is 32.3. The second kappa shape index (κ2) is 18.0. The van der Waals surface area contributed by atoms with Crippen LogP contribution in [-0.2, 0) is 34.4 Å². The Kier molecular flexibility index (Phi) is 13.1. The first-order chi connectivity index (χ1) is 25.9. The number of β-amino-alcohol motifs (C(OH)–C–C–N with tert-alkyl or cyclic N) is 1. The van der Waals surface area contributed by atoms with Crippen LogP contribution in [0.3, 0.4) is 0 Å². The summed E-state index contributed by atoms with van der Waals surface area (Å²) in [5, 5.41) is 20.0. The topological polar surface area (TPSA) is 139 Å². The number of aliphatic carboxylic acids is 1. The lowest BCUT2D eigenvalue weighted by atomic mass is 9.96. The van der Waals surface area contributed by atoms with Crippen molar-refractivity contribution in [3.8, 4) is 28.4 Å². The van der Waals surface area contributed by atoms with Crippen molar-refractivity contribution >= 4 is 27.4 Å². The van der Waals surface area contributed by atoms with Crippen LogP contribution in [0.2, 0.25) is 5.02 Å².